The van der Waals surface area contributed by atoms with Crippen molar-refractivity contribution < 1.29 is 9.59 Å². The first-order valence-corrected chi connectivity index (χ1v) is 8.25. The number of benzene rings is 2. The van der Waals surface area contributed by atoms with E-state index in [0.717, 1.165) is 5.56 Å². The lowest BCUT2D eigenvalue weighted by molar-refractivity contribution is -0.123. The molecule has 126 valence electrons. The second kappa shape index (κ2) is 8.38. The number of hydrogen-bond acceptors (Lipinski definition) is 2. The number of anilines is 1. The molecule has 2 amide bonds. The predicted molar refractivity (Wildman–Crippen MR) is 97.8 cm³/mol. The summed E-state index contributed by atoms with van der Waals surface area (Å²) in [6.45, 7) is 1.46. The third kappa shape index (κ3) is 4.63. The fraction of sp³-hybridized carbons (Fsp3) is 0.176. The zero-order valence-electron chi connectivity index (χ0n) is 12.9. The lowest BCUT2D eigenvalue weighted by Gasteiger charge is -2.22. The van der Waals surface area contributed by atoms with E-state index in [4.69, 9.17) is 34.8 Å². The molecule has 0 radical (unpaired) electrons. The maximum Gasteiger partial charge on any atom is 0.240 e. The minimum Gasteiger partial charge on any atom is -0.350 e. The molecule has 0 aromatic heterocycles. The van der Waals surface area contributed by atoms with Gasteiger partial charge in [0.25, 0.3) is 0 Å². The first-order chi connectivity index (χ1) is 11.4. The Balaban J connectivity index is 2.08. The average Bonchev–Trinajstić information content (AvgIpc) is 2.54. The second-order valence-corrected chi connectivity index (χ2v) is 6.24. The molecule has 0 aliphatic rings. The van der Waals surface area contributed by atoms with Crippen LogP contribution in [0.1, 0.15) is 12.5 Å². The van der Waals surface area contributed by atoms with Crippen LogP contribution in [0.25, 0.3) is 0 Å². The van der Waals surface area contributed by atoms with Gasteiger partial charge >= 0.3 is 0 Å². The largest absolute Gasteiger partial charge is 0.350 e. The molecule has 4 nitrogen and oxygen atoms in total. The van der Waals surface area contributed by atoms with E-state index in [1.165, 1.54) is 11.8 Å². The van der Waals surface area contributed by atoms with Crippen molar-refractivity contribution in [1.29, 1.82) is 0 Å². The summed E-state index contributed by atoms with van der Waals surface area (Å²) in [6.07, 6.45) is 0. The summed E-state index contributed by atoms with van der Waals surface area (Å²) in [5.41, 5.74) is 1.19. The lowest BCUT2D eigenvalue weighted by atomic mass is 10.2. The molecule has 2 aromatic rings. The number of hydrogen-bond donors (Lipinski definition) is 1. The molecule has 7 heteroatoms. The van der Waals surface area contributed by atoms with Crippen molar-refractivity contribution in [3.63, 3.8) is 0 Å². The molecule has 0 aliphatic carbocycles. The first kappa shape index (κ1) is 18.6. The third-order valence-electron chi connectivity index (χ3n) is 3.34. The van der Waals surface area contributed by atoms with E-state index < -0.39 is 0 Å². The fourth-order valence-corrected chi connectivity index (χ4v) is 2.70. The third-order valence-corrected chi connectivity index (χ3v) is 4.52. The van der Waals surface area contributed by atoms with Gasteiger partial charge in [-0.2, -0.15) is 0 Å². The molecule has 0 spiro atoms. The Bertz CT molecular complexity index is 765. The van der Waals surface area contributed by atoms with Gasteiger partial charge in [0, 0.05) is 18.5 Å². The van der Waals surface area contributed by atoms with Gasteiger partial charge in [0.05, 0.1) is 15.7 Å². The molecule has 0 bridgehead atoms. The Labute approximate surface area is 155 Å². The number of rotatable bonds is 5. The maximum absolute atomic E-state index is 12.2. The Morgan fingerprint density at radius 1 is 1.00 bits per heavy atom. The van der Waals surface area contributed by atoms with Crippen LogP contribution < -0.4 is 10.2 Å². The molecular weight excluding hydrogens is 371 g/mol. The molecule has 0 saturated heterocycles. The fourth-order valence-electron chi connectivity index (χ4n) is 2.10. The van der Waals surface area contributed by atoms with E-state index in [-0.39, 0.29) is 29.9 Å². The minimum atomic E-state index is -0.332. The highest BCUT2D eigenvalue weighted by Crippen LogP contribution is 2.32. The zero-order chi connectivity index (χ0) is 17.7. The molecule has 0 unspecified atom stereocenters. The second-order valence-electron chi connectivity index (χ2n) is 5.05. The van der Waals surface area contributed by atoms with Crippen LogP contribution >= 0.6 is 34.8 Å². The van der Waals surface area contributed by atoms with Crippen LogP contribution in [-0.2, 0) is 16.1 Å². The Kier molecular flexibility index (Phi) is 6.49. The number of carbonyl (C=O) groups is 2. The van der Waals surface area contributed by atoms with E-state index in [9.17, 15) is 9.59 Å². The molecule has 2 aromatic carbocycles. The Morgan fingerprint density at radius 3 is 2.33 bits per heavy atom. The number of nitrogens with zero attached hydrogens (tertiary/aromatic N) is 1. The molecule has 2 rings (SSSR count). The standard InChI is InChI=1S/C17H15Cl3N2O2/c1-11(23)22(15-8-4-7-14(19)17(15)20)10-16(24)21-9-12-5-2-3-6-13(12)18/h2-8H,9-10H2,1H3,(H,21,24). The van der Waals surface area contributed by atoms with E-state index in [1.807, 2.05) is 18.2 Å². The summed E-state index contributed by atoms with van der Waals surface area (Å²) >= 11 is 18.2. The van der Waals surface area contributed by atoms with E-state index in [2.05, 4.69) is 5.32 Å². The van der Waals surface area contributed by atoms with Crippen LogP contribution in [0, 0.1) is 0 Å². The van der Waals surface area contributed by atoms with Gasteiger partial charge in [-0.15, -0.1) is 0 Å². The molecule has 0 heterocycles. The summed E-state index contributed by atoms with van der Waals surface area (Å²) in [5.74, 6) is -0.645. The maximum atomic E-state index is 12.2. The normalized spacial score (nSPS) is 10.3. The van der Waals surface area contributed by atoms with Crippen molar-refractivity contribution >= 4 is 52.3 Å². The topological polar surface area (TPSA) is 49.4 Å². The van der Waals surface area contributed by atoms with Gasteiger partial charge in [0.15, 0.2) is 0 Å². The Morgan fingerprint density at radius 2 is 1.67 bits per heavy atom. The van der Waals surface area contributed by atoms with Gasteiger partial charge in [-0.05, 0) is 23.8 Å². The average molecular weight is 386 g/mol. The van der Waals surface area contributed by atoms with Crippen LogP contribution in [0.3, 0.4) is 0 Å². The van der Waals surface area contributed by atoms with Gasteiger partial charge in [0.2, 0.25) is 11.8 Å². The molecule has 0 atom stereocenters. The van der Waals surface area contributed by atoms with Crippen LogP contribution in [0.5, 0.6) is 0 Å². The van der Waals surface area contributed by atoms with Crippen LogP contribution in [0.4, 0.5) is 5.69 Å². The molecule has 0 saturated carbocycles. The summed E-state index contributed by atoms with van der Waals surface area (Å²) in [4.78, 5) is 25.4. The monoisotopic (exact) mass is 384 g/mol. The van der Waals surface area contributed by atoms with E-state index >= 15 is 0 Å². The van der Waals surface area contributed by atoms with Gasteiger partial charge < -0.3 is 10.2 Å². The van der Waals surface area contributed by atoms with E-state index in [1.54, 1.807) is 24.3 Å². The van der Waals surface area contributed by atoms with E-state index in [0.29, 0.717) is 15.7 Å². The number of nitrogens with one attached hydrogen (secondary N) is 1. The lowest BCUT2D eigenvalue weighted by Crippen LogP contribution is -2.39. The number of carbonyl (C=O) groups excluding carboxylic acids is 2. The first-order valence-electron chi connectivity index (χ1n) is 7.12. The van der Waals surface area contributed by atoms with Crippen molar-refractivity contribution in [3.8, 4) is 0 Å². The highest BCUT2D eigenvalue weighted by Gasteiger charge is 2.19. The SMILES string of the molecule is CC(=O)N(CC(=O)NCc1ccccc1Cl)c1cccc(Cl)c1Cl. The molecule has 1 N–H and O–H groups in total. The smallest absolute Gasteiger partial charge is 0.240 e. The van der Waals surface area contributed by atoms with Crippen LogP contribution in [0.15, 0.2) is 42.5 Å². The minimum absolute atomic E-state index is 0.167. The van der Waals surface area contributed by atoms with Gasteiger partial charge in [-0.25, -0.2) is 0 Å². The quantitative estimate of drug-likeness (QED) is 0.833. The van der Waals surface area contributed by atoms with Crippen molar-refractivity contribution in [2.24, 2.45) is 0 Å². The number of halogens is 3. The molecule has 24 heavy (non-hydrogen) atoms. The highest BCUT2D eigenvalue weighted by atomic mass is 35.5. The highest BCUT2D eigenvalue weighted by molar-refractivity contribution is 6.44. The predicted octanol–water partition coefficient (Wildman–Crippen LogP) is 4.32. The van der Waals surface area contributed by atoms with Crippen molar-refractivity contribution in [1.82, 2.24) is 5.32 Å². The van der Waals surface area contributed by atoms with Crippen molar-refractivity contribution in [2.75, 3.05) is 11.4 Å². The Hall–Kier alpha value is -1.75. The molecule has 0 aliphatic heterocycles. The summed E-state index contributed by atoms with van der Waals surface area (Å²) in [7, 11) is 0. The van der Waals surface area contributed by atoms with Gasteiger partial charge in [0.1, 0.15) is 6.54 Å². The number of amides is 2. The summed E-state index contributed by atoms with van der Waals surface area (Å²) in [6, 6.07) is 12.1. The van der Waals surface area contributed by atoms with Crippen LogP contribution in [-0.4, -0.2) is 18.4 Å². The zero-order valence-corrected chi connectivity index (χ0v) is 15.1. The summed E-state index contributed by atoms with van der Waals surface area (Å²) in [5, 5.41) is 3.85. The van der Waals surface area contributed by atoms with Gasteiger partial charge in [-0.1, -0.05) is 59.1 Å². The van der Waals surface area contributed by atoms with Crippen LogP contribution in [0.2, 0.25) is 15.1 Å². The van der Waals surface area contributed by atoms with Gasteiger partial charge in [-0.3, -0.25) is 9.59 Å². The molecule has 0 fully saturated rings. The molecular formula is C17H15Cl3N2O2. The summed E-state index contributed by atoms with van der Waals surface area (Å²) < 4.78 is 0. The van der Waals surface area contributed by atoms with Crippen molar-refractivity contribution in [2.45, 2.75) is 13.5 Å². The van der Waals surface area contributed by atoms with Crippen molar-refractivity contribution in [3.05, 3.63) is 63.1 Å².